The Balaban J connectivity index is 1.39. The average Bonchev–Trinajstić information content (AvgIpc) is 3.12. The molecule has 1 saturated carbocycles. The van der Waals surface area contributed by atoms with E-state index in [1.165, 1.54) is 12.1 Å². The van der Waals surface area contributed by atoms with Crippen LogP contribution in [0, 0.1) is 5.82 Å². The van der Waals surface area contributed by atoms with Gasteiger partial charge in [0.25, 0.3) is 0 Å². The first-order valence-electron chi connectivity index (χ1n) is 13.9. The highest BCUT2D eigenvalue weighted by Gasteiger charge is 2.54. The van der Waals surface area contributed by atoms with Gasteiger partial charge in [-0.15, -0.1) is 0 Å². The fourth-order valence-electron chi connectivity index (χ4n) is 6.20. The van der Waals surface area contributed by atoms with Crippen LogP contribution in [-0.4, -0.2) is 53.0 Å². The lowest BCUT2D eigenvalue weighted by atomic mass is 9.80. The molecular weight excluding hydrogens is 505 g/mol. The van der Waals surface area contributed by atoms with Crippen LogP contribution in [0.15, 0.2) is 53.5 Å². The Morgan fingerprint density at radius 3 is 2.54 bits per heavy atom. The van der Waals surface area contributed by atoms with Crippen LogP contribution < -0.4 is 15.0 Å². The molecule has 6 nitrogen and oxygen atoms in total. The second-order valence-electron chi connectivity index (χ2n) is 11.5. The SMILES string of the molecule is CC(C)Oc1cccc(CN2CC[C@@]3(C[C@@H]2C)C(NC2CCC(F)(F)CC2)=NC(=O)N3c2cccc(F)c2)c1. The van der Waals surface area contributed by atoms with Gasteiger partial charge in [0.05, 0.1) is 6.10 Å². The van der Waals surface area contributed by atoms with Crippen molar-refractivity contribution in [3.05, 3.63) is 59.9 Å². The molecule has 0 bridgehead atoms. The summed E-state index contributed by atoms with van der Waals surface area (Å²) in [7, 11) is 0. The van der Waals surface area contributed by atoms with Gasteiger partial charge in [-0.05, 0) is 82.3 Å². The van der Waals surface area contributed by atoms with E-state index in [2.05, 4.69) is 34.3 Å². The molecule has 1 saturated heterocycles. The van der Waals surface area contributed by atoms with Crippen molar-refractivity contribution in [3.63, 3.8) is 0 Å². The predicted octanol–water partition coefficient (Wildman–Crippen LogP) is 6.54. The van der Waals surface area contributed by atoms with Crippen LogP contribution in [0.1, 0.15) is 64.9 Å². The minimum atomic E-state index is -2.64. The van der Waals surface area contributed by atoms with E-state index in [4.69, 9.17) is 4.74 Å². The van der Waals surface area contributed by atoms with Crippen LogP contribution in [0.3, 0.4) is 0 Å². The maximum Gasteiger partial charge on any atom is 0.350 e. The summed E-state index contributed by atoms with van der Waals surface area (Å²) in [5.41, 5.74) is 0.786. The number of nitrogens with one attached hydrogen (secondary N) is 1. The minimum absolute atomic E-state index is 0.0677. The molecule has 3 aliphatic rings. The third-order valence-electron chi connectivity index (χ3n) is 8.12. The van der Waals surface area contributed by atoms with Crippen molar-refractivity contribution in [2.45, 2.75) is 95.5 Å². The number of carbonyl (C=O) groups is 1. The number of ether oxygens (including phenoxy) is 1. The molecule has 1 aliphatic carbocycles. The quantitative estimate of drug-likeness (QED) is 0.450. The number of halogens is 3. The largest absolute Gasteiger partial charge is 0.491 e. The van der Waals surface area contributed by atoms with E-state index in [1.54, 1.807) is 17.0 Å². The van der Waals surface area contributed by atoms with E-state index in [-0.39, 0.29) is 31.0 Å². The summed E-state index contributed by atoms with van der Waals surface area (Å²) in [6.07, 6.45) is 1.50. The summed E-state index contributed by atoms with van der Waals surface area (Å²) in [5, 5.41) is 3.40. The highest BCUT2D eigenvalue weighted by molar-refractivity contribution is 6.16. The highest BCUT2D eigenvalue weighted by atomic mass is 19.3. The number of anilines is 1. The van der Waals surface area contributed by atoms with Crippen molar-refractivity contribution in [1.82, 2.24) is 10.2 Å². The minimum Gasteiger partial charge on any atom is -0.491 e. The molecule has 0 aromatic heterocycles. The van der Waals surface area contributed by atoms with Crippen LogP contribution in [0.5, 0.6) is 5.75 Å². The molecule has 1 N–H and O–H groups in total. The number of piperidine rings is 1. The maximum absolute atomic E-state index is 14.3. The number of amides is 2. The van der Waals surface area contributed by atoms with Gasteiger partial charge in [0.15, 0.2) is 0 Å². The van der Waals surface area contributed by atoms with Crippen LogP contribution in [0.25, 0.3) is 0 Å². The van der Waals surface area contributed by atoms with E-state index >= 15 is 0 Å². The van der Waals surface area contributed by atoms with Gasteiger partial charge in [-0.1, -0.05) is 18.2 Å². The topological polar surface area (TPSA) is 57.2 Å². The maximum atomic E-state index is 14.3. The first-order valence-corrected chi connectivity index (χ1v) is 13.9. The molecule has 9 heteroatoms. The number of nitrogens with zero attached hydrogens (tertiary/aromatic N) is 3. The van der Waals surface area contributed by atoms with Crippen LogP contribution in [0.2, 0.25) is 0 Å². The molecule has 2 aromatic carbocycles. The molecule has 5 rings (SSSR count). The molecule has 2 heterocycles. The van der Waals surface area contributed by atoms with Gasteiger partial charge in [0.1, 0.15) is 22.9 Å². The van der Waals surface area contributed by atoms with Gasteiger partial charge >= 0.3 is 6.03 Å². The van der Waals surface area contributed by atoms with Crippen molar-refractivity contribution in [2.24, 2.45) is 4.99 Å². The third-order valence-corrected chi connectivity index (χ3v) is 8.12. The Bertz CT molecular complexity index is 1230. The zero-order chi connectivity index (χ0) is 27.8. The number of urea groups is 1. The number of hydrogen-bond acceptors (Lipinski definition) is 4. The Morgan fingerprint density at radius 2 is 1.85 bits per heavy atom. The monoisotopic (exact) mass is 542 g/mol. The second-order valence-corrected chi connectivity index (χ2v) is 11.5. The number of amidine groups is 1. The molecular formula is C30H37F3N4O2. The van der Waals surface area contributed by atoms with E-state index in [0.717, 1.165) is 17.9 Å². The van der Waals surface area contributed by atoms with Gasteiger partial charge in [0.2, 0.25) is 5.92 Å². The van der Waals surface area contributed by atoms with Crippen LogP contribution in [0.4, 0.5) is 23.7 Å². The predicted molar refractivity (Wildman–Crippen MR) is 146 cm³/mol. The fourth-order valence-corrected chi connectivity index (χ4v) is 6.20. The summed E-state index contributed by atoms with van der Waals surface area (Å²) >= 11 is 0. The lowest BCUT2D eigenvalue weighted by Crippen LogP contribution is -2.64. The molecule has 0 radical (unpaired) electrons. The number of aliphatic imine (C=N–C) groups is 1. The van der Waals surface area contributed by atoms with Crippen LogP contribution in [-0.2, 0) is 6.54 Å². The van der Waals surface area contributed by atoms with E-state index < -0.39 is 23.3 Å². The lowest BCUT2D eigenvalue weighted by molar-refractivity contribution is -0.0391. The standard InChI is InChI=1S/C30H37F3N4O2/c1-20(2)39-26-9-4-6-22(16-26)19-36-15-14-29(18-21(36)3)27(34-24-10-12-30(32,33)13-11-24)35-28(38)37(29)25-8-5-7-23(31)17-25/h4-9,16-17,20-21,24H,10-15,18-19H2,1-3H3,(H,34,35,38)/t21-,29+/m0/s1. The number of benzene rings is 2. The molecule has 2 atom stereocenters. The number of carbonyl (C=O) groups excluding carboxylic acids is 1. The molecule has 0 unspecified atom stereocenters. The Labute approximate surface area is 228 Å². The molecule has 1 spiro atoms. The Morgan fingerprint density at radius 1 is 1.10 bits per heavy atom. The van der Waals surface area contributed by atoms with Crippen molar-refractivity contribution in [1.29, 1.82) is 0 Å². The number of alkyl halides is 2. The van der Waals surface area contributed by atoms with E-state index in [1.807, 2.05) is 26.0 Å². The summed E-state index contributed by atoms with van der Waals surface area (Å²) in [6, 6.07) is 13.5. The normalized spacial score (nSPS) is 25.8. The zero-order valence-electron chi connectivity index (χ0n) is 22.8. The summed E-state index contributed by atoms with van der Waals surface area (Å²) in [4.78, 5) is 21.7. The number of hydrogen-bond donors (Lipinski definition) is 1. The van der Waals surface area contributed by atoms with Gasteiger partial charge in [-0.3, -0.25) is 9.80 Å². The first-order chi connectivity index (χ1) is 18.5. The second kappa shape index (κ2) is 10.8. The molecule has 2 aliphatic heterocycles. The van der Waals surface area contributed by atoms with Crippen molar-refractivity contribution in [2.75, 3.05) is 11.4 Å². The van der Waals surface area contributed by atoms with Gasteiger partial charge in [0, 0.05) is 43.7 Å². The van der Waals surface area contributed by atoms with Crippen molar-refractivity contribution < 1.29 is 22.7 Å². The molecule has 2 amide bonds. The average molecular weight is 543 g/mol. The first kappa shape index (κ1) is 27.5. The van der Waals surface area contributed by atoms with E-state index in [0.29, 0.717) is 43.8 Å². The summed E-state index contributed by atoms with van der Waals surface area (Å²) in [5.74, 6) is -1.72. The Hall–Kier alpha value is -3.07. The lowest BCUT2D eigenvalue weighted by Gasteiger charge is -2.48. The third kappa shape index (κ3) is 5.93. The summed E-state index contributed by atoms with van der Waals surface area (Å²) < 4.78 is 47.8. The summed E-state index contributed by atoms with van der Waals surface area (Å²) in [6.45, 7) is 7.52. The van der Waals surface area contributed by atoms with Crippen LogP contribution >= 0.6 is 0 Å². The van der Waals surface area contributed by atoms with Crippen molar-refractivity contribution in [3.8, 4) is 5.75 Å². The Kier molecular flexibility index (Phi) is 7.64. The van der Waals surface area contributed by atoms with E-state index in [9.17, 15) is 18.0 Å². The highest BCUT2D eigenvalue weighted by Crippen LogP contribution is 2.42. The zero-order valence-corrected chi connectivity index (χ0v) is 22.8. The van der Waals surface area contributed by atoms with Gasteiger partial charge in [-0.2, -0.15) is 4.99 Å². The smallest absolute Gasteiger partial charge is 0.350 e. The molecule has 2 aromatic rings. The molecule has 210 valence electrons. The fraction of sp³-hybridized carbons (Fsp3) is 0.533. The molecule has 2 fully saturated rings. The van der Waals surface area contributed by atoms with Gasteiger partial charge < -0.3 is 10.1 Å². The number of rotatable bonds is 6. The van der Waals surface area contributed by atoms with Gasteiger partial charge in [-0.25, -0.2) is 18.0 Å². The van der Waals surface area contributed by atoms with Crippen molar-refractivity contribution >= 4 is 17.6 Å². The number of likely N-dealkylation sites (tertiary alicyclic amines) is 1. The molecule has 39 heavy (non-hydrogen) atoms.